The van der Waals surface area contributed by atoms with Gasteiger partial charge in [-0.3, -0.25) is 0 Å². The van der Waals surface area contributed by atoms with E-state index in [0.717, 1.165) is 21.6 Å². The first-order chi connectivity index (χ1) is 11.4. The van der Waals surface area contributed by atoms with Gasteiger partial charge in [-0.1, -0.05) is 29.0 Å². The van der Waals surface area contributed by atoms with Gasteiger partial charge in [0.15, 0.2) is 0 Å². The second kappa shape index (κ2) is 6.72. The van der Waals surface area contributed by atoms with E-state index in [0.29, 0.717) is 21.4 Å². The number of benzene rings is 1. The normalized spacial score (nSPS) is 12.7. The molecule has 9 heteroatoms. The quantitative estimate of drug-likeness (QED) is 0.610. The minimum atomic E-state index is -3.81. The maximum Gasteiger partial charge on any atom is 0.294 e. The molecule has 0 radical (unpaired) electrons. The molecule has 0 saturated carbocycles. The van der Waals surface area contributed by atoms with Gasteiger partial charge in [0.1, 0.15) is 9.96 Å². The van der Waals surface area contributed by atoms with E-state index in [9.17, 15) is 8.42 Å². The van der Waals surface area contributed by atoms with Crippen molar-refractivity contribution in [2.45, 2.75) is 10.8 Å². The minimum Gasteiger partial charge on any atom is -0.497 e. The van der Waals surface area contributed by atoms with Gasteiger partial charge in [-0.2, -0.15) is 8.42 Å². The molecule has 24 heavy (non-hydrogen) atoms. The van der Waals surface area contributed by atoms with E-state index < -0.39 is 10.0 Å². The SMILES string of the molecule is C=CCn1/c(=N/S(=O)(=O)c2ccc(Cl)s2)sc2cc(OC)ccc21. The fourth-order valence-electron chi connectivity index (χ4n) is 2.14. The van der Waals surface area contributed by atoms with Crippen LogP contribution in [-0.2, 0) is 16.6 Å². The molecule has 3 rings (SSSR count). The Hall–Kier alpha value is -1.61. The summed E-state index contributed by atoms with van der Waals surface area (Å²) >= 11 is 8.10. The first-order valence-electron chi connectivity index (χ1n) is 6.79. The summed E-state index contributed by atoms with van der Waals surface area (Å²) < 4.78 is 37.4. The predicted octanol–water partition coefficient (Wildman–Crippen LogP) is 3.90. The molecule has 0 amide bonds. The van der Waals surface area contributed by atoms with Gasteiger partial charge >= 0.3 is 0 Å². The van der Waals surface area contributed by atoms with Gasteiger partial charge in [-0.25, -0.2) is 0 Å². The van der Waals surface area contributed by atoms with Gasteiger partial charge in [-0.05, 0) is 30.3 Å². The third kappa shape index (κ3) is 3.27. The number of thiophene rings is 1. The average molecular weight is 401 g/mol. The van der Waals surface area contributed by atoms with E-state index in [4.69, 9.17) is 16.3 Å². The summed E-state index contributed by atoms with van der Waals surface area (Å²) in [6.45, 7) is 4.18. The lowest BCUT2D eigenvalue weighted by Gasteiger charge is -2.02. The number of nitrogens with zero attached hydrogens (tertiary/aromatic N) is 2. The molecule has 1 aromatic carbocycles. The number of methoxy groups -OCH3 is 1. The van der Waals surface area contributed by atoms with Crippen molar-refractivity contribution in [1.82, 2.24) is 4.57 Å². The second-order valence-electron chi connectivity index (χ2n) is 4.74. The summed E-state index contributed by atoms with van der Waals surface area (Å²) in [6.07, 6.45) is 1.70. The lowest BCUT2D eigenvalue weighted by atomic mass is 10.3. The third-order valence-electron chi connectivity index (χ3n) is 3.20. The number of ether oxygens (including phenoxy) is 1. The Kier molecular flexibility index (Phi) is 4.82. The highest BCUT2D eigenvalue weighted by atomic mass is 35.5. The molecule has 0 aliphatic heterocycles. The van der Waals surface area contributed by atoms with Crippen LogP contribution in [0, 0.1) is 0 Å². The van der Waals surface area contributed by atoms with Gasteiger partial charge in [0, 0.05) is 6.54 Å². The number of aromatic nitrogens is 1. The van der Waals surface area contributed by atoms with Crippen LogP contribution in [0.5, 0.6) is 5.75 Å². The zero-order valence-electron chi connectivity index (χ0n) is 12.6. The zero-order valence-corrected chi connectivity index (χ0v) is 15.8. The number of hydrogen-bond donors (Lipinski definition) is 0. The van der Waals surface area contributed by atoms with Crippen LogP contribution in [0.4, 0.5) is 0 Å². The molecule has 5 nitrogen and oxygen atoms in total. The molecule has 0 unspecified atom stereocenters. The van der Waals surface area contributed by atoms with Crippen LogP contribution in [0.15, 0.2) is 51.6 Å². The van der Waals surface area contributed by atoms with Crippen molar-refractivity contribution < 1.29 is 13.2 Å². The molecule has 0 bridgehead atoms. The number of fused-ring (bicyclic) bond motifs is 1. The van der Waals surface area contributed by atoms with Gasteiger partial charge in [-0.15, -0.1) is 22.3 Å². The Morgan fingerprint density at radius 3 is 2.75 bits per heavy atom. The molecule has 0 saturated heterocycles. The number of allylic oxidation sites excluding steroid dienone is 1. The van der Waals surface area contributed by atoms with E-state index in [1.807, 2.05) is 18.2 Å². The van der Waals surface area contributed by atoms with Crippen LogP contribution >= 0.6 is 34.3 Å². The standard InChI is InChI=1S/C15H13ClN2O3S3/c1-3-8-18-11-5-4-10(21-2)9-12(11)22-15(18)17-24(19,20)14-7-6-13(16)23-14/h3-7,9H,1,8H2,2H3/b17-15-. The van der Waals surface area contributed by atoms with Crippen molar-refractivity contribution in [3.8, 4) is 5.75 Å². The predicted molar refractivity (Wildman–Crippen MR) is 98.6 cm³/mol. The Morgan fingerprint density at radius 1 is 1.33 bits per heavy atom. The van der Waals surface area contributed by atoms with Gasteiger partial charge in [0.2, 0.25) is 4.80 Å². The molecular weight excluding hydrogens is 388 g/mol. The van der Waals surface area contributed by atoms with Crippen LogP contribution in [0.2, 0.25) is 4.34 Å². The molecule has 0 fully saturated rings. The summed E-state index contributed by atoms with van der Waals surface area (Å²) in [5.74, 6) is 0.703. The van der Waals surface area contributed by atoms with E-state index in [-0.39, 0.29) is 4.21 Å². The summed E-state index contributed by atoms with van der Waals surface area (Å²) in [5.41, 5.74) is 0.874. The van der Waals surface area contributed by atoms with Crippen LogP contribution in [0.1, 0.15) is 0 Å². The molecule has 0 N–H and O–H groups in total. The van der Waals surface area contributed by atoms with Crippen LogP contribution < -0.4 is 9.54 Å². The fourth-order valence-corrected chi connectivity index (χ4v) is 5.87. The van der Waals surface area contributed by atoms with Crippen molar-refractivity contribution in [2.75, 3.05) is 7.11 Å². The summed E-state index contributed by atoms with van der Waals surface area (Å²) in [7, 11) is -2.23. The van der Waals surface area contributed by atoms with Crippen LogP contribution in [0.25, 0.3) is 10.2 Å². The first-order valence-corrected chi connectivity index (χ1v) is 10.2. The Bertz CT molecular complexity index is 1080. The topological polar surface area (TPSA) is 60.7 Å². The number of sulfonamides is 1. The largest absolute Gasteiger partial charge is 0.497 e. The first kappa shape index (κ1) is 17.2. The third-order valence-corrected chi connectivity index (χ3v) is 7.32. The fraction of sp³-hybridized carbons (Fsp3) is 0.133. The van der Waals surface area contributed by atoms with Crippen molar-refractivity contribution >= 4 is 54.5 Å². The maximum atomic E-state index is 12.5. The van der Waals surface area contributed by atoms with Crippen LogP contribution in [-0.4, -0.2) is 20.1 Å². The molecule has 3 aromatic rings. The minimum absolute atomic E-state index is 0.118. The number of thiazole rings is 1. The zero-order chi connectivity index (χ0) is 17.3. The summed E-state index contributed by atoms with van der Waals surface area (Å²) in [6, 6.07) is 8.56. The van der Waals surface area contributed by atoms with E-state index in [1.165, 1.54) is 17.4 Å². The highest BCUT2D eigenvalue weighted by molar-refractivity contribution is 7.92. The van der Waals surface area contributed by atoms with Gasteiger partial charge in [0.05, 0.1) is 21.7 Å². The molecule has 0 aliphatic rings. The highest BCUT2D eigenvalue weighted by Gasteiger charge is 2.17. The maximum absolute atomic E-state index is 12.5. The molecule has 126 valence electrons. The second-order valence-corrected chi connectivity index (χ2v) is 9.30. The summed E-state index contributed by atoms with van der Waals surface area (Å²) in [5, 5.41) is 0. The van der Waals surface area contributed by atoms with Gasteiger partial charge < -0.3 is 9.30 Å². The Morgan fingerprint density at radius 2 is 2.12 bits per heavy atom. The molecule has 2 heterocycles. The number of hydrogen-bond acceptors (Lipinski definition) is 5. The van der Waals surface area contributed by atoms with Crippen molar-refractivity contribution in [3.63, 3.8) is 0 Å². The Balaban J connectivity index is 2.24. The number of rotatable bonds is 5. The van der Waals surface area contributed by atoms with E-state index in [2.05, 4.69) is 11.0 Å². The molecule has 0 atom stereocenters. The molecular formula is C15H13ClN2O3S3. The van der Waals surface area contributed by atoms with Crippen molar-refractivity contribution in [3.05, 3.63) is 52.1 Å². The average Bonchev–Trinajstić information content (AvgIpc) is 3.12. The lowest BCUT2D eigenvalue weighted by Crippen LogP contribution is -2.16. The Labute approximate surface area is 152 Å². The van der Waals surface area contributed by atoms with Crippen molar-refractivity contribution in [1.29, 1.82) is 0 Å². The molecule has 0 spiro atoms. The number of halogens is 1. The molecule has 0 aliphatic carbocycles. The monoisotopic (exact) mass is 400 g/mol. The van der Waals surface area contributed by atoms with Gasteiger partial charge in [0.25, 0.3) is 10.0 Å². The van der Waals surface area contributed by atoms with E-state index >= 15 is 0 Å². The van der Waals surface area contributed by atoms with E-state index in [1.54, 1.807) is 23.8 Å². The lowest BCUT2D eigenvalue weighted by molar-refractivity contribution is 0.415. The smallest absolute Gasteiger partial charge is 0.294 e. The molecule has 2 aromatic heterocycles. The van der Waals surface area contributed by atoms with Crippen molar-refractivity contribution in [2.24, 2.45) is 4.40 Å². The highest BCUT2D eigenvalue weighted by Crippen LogP contribution is 2.27. The summed E-state index contributed by atoms with van der Waals surface area (Å²) in [4.78, 5) is 0.377. The van der Waals surface area contributed by atoms with Crippen LogP contribution in [0.3, 0.4) is 0 Å².